The topological polar surface area (TPSA) is 54.0 Å². The molecule has 0 amide bonds. The molecule has 4 aliphatic rings. The average molecular weight is 465 g/mol. The molecule has 0 N–H and O–H groups in total. The Morgan fingerprint density at radius 1 is 0.879 bits per heavy atom. The van der Waals surface area contributed by atoms with Gasteiger partial charge in [-0.05, 0) is 104 Å². The number of aldehydes is 1. The highest BCUT2D eigenvalue weighted by molar-refractivity contribution is 5.49. The largest absolute Gasteiger partial charge is 0.359 e. The number of hydrogen-bond acceptors (Lipinski definition) is 5. The fourth-order valence-electron chi connectivity index (χ4n) is 9.39. The quantitative estimate of drug-likeness (QED) is 0.300. The third-order valence-electron chi connectivity index (χ3n) is 10.9. The van der Waals surface area contributed by atoms with Crippen LogP contribution < -0.4 is 0 Å². The van der Waals surface area contributed by atoms with E-state index in [0.717, 1.165) is 49.2 Å². The number of ether oxygens (including phenoxy) is 4. The summed E-state index contributed by atoms with van der Waals surface area (Å²) in [5.74, 6) is 4.24. The van der Waals surface area contributed by atoms with E-state index < -0.39 is 0 Å². The molecule has 190 valence electrons. The smallest absolute Gasteiger partial charge is 0.146 e. The van der Waals surface area contributed by atoms with Crippen molar-refractivity contribution in [3.63, 3.8) is 0 Å². The minimum Gasteiger partial charge on any atom is -0.359 e. The molecule has 0 unspecified atom stereocenters. The summed E-state index contributed by atoms with van der Waals surface area (Å²) in [6, 6.07) is 0. The highest BCUT2D eigenvalue weighted by Gasteiger charge is 2.62. The van der Waals surface area contributed by atoms with Gasteiger partial charge in [0.25, 0.3) is 0 Å². The maximum Gasteiger partial charge on any atom is 0.146 e. The summed E-state index contributed by atoms with van der Waals surface area (Å²) in [6.45, 7) is 8.33. The van der Waals surface area contributed by atoms with Gasteiger partial charge in [0.15, 0.2) is 0 Å². The van der Waals surface area contributed by atoms with Crippen molar-refractivity contribution in [2.45, 2.75) is 97.2 Å². The molecule has 4 fully saturated rings. The van der Waals surface area contributed by atoms with Crippen LogP contribution in [-0.2, 0) is 23.7 Å². The lowest BCUT2D eigenvalue weighted by atomic mass is 9.43. The van der Waals surface area contributed by atoms with Gasteiger partial charge in [-0.25, -0.2) is 0 Å². The fraction of sp³-hybridized carbons (Fsp3) is 0.964. The van der Waals surface area contributed by atoms with Crippen molar-refractivity contribution >= 4 is 6.29 Å². The molecular weight excluding hydrogens is 416 g/mol. The lowest BCUT2D eigenvalue weighted by Crippen LogP contribution is -2.59. The molecule has 5 nitrogen and oxygen atoms in total. The molecule has 0 radical (unpaired) electrons. The van der Waals surface area contributed by atoms with Crippen molar-refractivity contribution in [2.75, 3.05) is 27.8 Å². The zero-order valence-corrected chi connectivity index (χ0v) is 21.7. The Morgan fingerprint density at radius 3 is 2.30 bits per heavy atom. The van der Waals surface area contributed by atoms with Crippen LogP contribution in [0.15, 0.2) is 0 Å². The Labute approximate surface area is 201 Å². The number of carbonyl (C=O) groups excluding carboxylic acids is 1. The number of rotatable bonds is 10. The zero-order chi connectivity index (χ0) is 23.6. The van der Waals surface area contributed by atoms with Crippen molar-refractivity contribution < 1.29 is 23.7 Å². The molecule has 0 aromatic heterocycles. The van der Waals surface area contributed by atoms with Gasteiger partial charge in [0.05, 0.1) is 12.2 Å². The van der Waals surface area contributed by atoms with E-state index in [1.165, 1.54) is 38.5 Å². The van der Waals surface area contributed by atoms with E-state index in [2.05, 4.69) is 20.8 Å². The second kappa shape index (κ2) is 10.6. The summed E-state index contributed by atoms with van der Waals surface area (Å²) in [5, 5.41) is 0. The molecule has 0 bridgehead atoms. The normalized spacial score (nSPS) is 45.7. The van der Waals surface area contributed by atoms with Gasteiger partial charge in [0, 0.05) is 20.6 Å². The van der Waals surface area contributed by atoms with E-state index in [4.69, 9.17) is 18.9 Å². The van der Waals surface area contributed by atoms with Crippen LogP contribution in [0.4, 0.5) is 0 Å². The van der Waals surface area contributed by atoms with E-state index in [1.807, 2.05) is 0 Å². The predicted octanol–water partition coefficient (Wildman–Crippen LogP) is 5.85. The molecule has 0 heterocycles. The van der Waals surface area contributed by atoms with Gasteiger partial charge < -0.3 is 23.7 Å². The minimum absolute atomic E-state index is 0.249. The first-order valence-corrected chi connectivity index (χ1v) is 13.5. The second-order valence-electron chi connectivity index (χ2n) is 12.3. The first-order chi connectivity index (χ1) is 15.9. The third kappa shape index (κ3) is 4.69. The molecule has 33 heavy (non-hydrogen) atoms. The first-order valence-electron chi connectivity index (χ1n) is 13.5. The monoisotopic (exact) mass is 464 g/mol. The van der Waals surface area contributed by atoms with Crippen LogP contribution in [0.2, 0.25) is 0 Å². The van der Waals surface area contributed by atoms with E-state index >= 15 is 0 Å². The molecule has 0 saturated heterocycles. The van der Waals surface area contributed by atoms with E-state index in [-0.39, 0.29) is 12.2 Å². The maximum atomic E-state index is 11.0. The summed E-state index contributed by atoms with van der Waals surface area (Å²) in [6.07, 6.45) is 13.4. The predicted molar refractivity (Wildman–Crippen MR) is 129 cm³/mol. The summed E-state index contributed by atoms with van der Waals surface area (Å²) < 4.78 is 23.0. The summed E-state index contributed by atoms with van der Waals surface area (Å²) >= 11 is 0. The van der Waals surface area contributed by atoms with Crippen LogP contribution in [0.5, 0.6) is 0 Å². The molecule has 10 atom stereocenters. The van der Waals surface area contributed by atoms with Crippen molar-refractivity contribution in [1.29, 1.82) is 0 Å². The molecule has 0 aromatic rings. The van der Waals surface area contributed by atoms with Crippen LogP contribution in [0.3, 0.4) is 0 Å². The van der Waals surface area contributed by atoms with Crippen LogP contribution >= 0.6 is 0 Å². The maximum absolute atomic E-state index is 11.0. The standard InChI is InChI=1S/C28H48O5/c1-19(7-6-14-29)22-8-9-23-21-16-26(33-18-31-5)25-15-20(32-17-30-4)10-12-28(25,3)24(21)11-13-27(22,23)2/h14,19-26H,6-13,15-18H2,1-5H3/t19-,20-,21+,22-,23+,24+,25+,26+,27-,28-/m1/s1. The van der Waals surface area contributed by atoms with Crippen LogP contribution in [0, 0.1) is 46.3 Å². The molecule has 4 aliphatic carbocycles. The van der Waals surface area contributed by atoms with Gasteiger partial charge in [0.2, 0.25) is 0 Å². The Balaban J connectivity index is 1.55. The lowest BCUT2D eigenvalue weighted by molar-refractivity contribution is -0.214. The third-order valence-corrected chi connectivity index (χ3v) is 10.9. The van der Waals surface area contributed by atoms with E-state index in [1.54, 1.807) is 14.2 Å². The van der Waals surface area contributed by atoms with Crippen molar-refractivity contribution in [3.05, 3.63) is 0 Å². The number of methoxy groups -OCH3 is 2. The average Bonchev–Trinajstić information content (AvgIpc) is 3.17. The van der Waals surface area contributed by atoms with Gasteiger partial charge in [-0.3, -0.25) is 0 Å². The SMILES string of the molecule is COCO[C@@H]1CC[C@]2(C)[C@H]3CC[C@]4(C)[C@@H]([C@H](C)CCC=O)CC[C@H]4[C@@H]3C[C@H](OCOC)[C@@H]2C1. The molecule has 0 aliphatic heterocycles. The van der Waals surface area contributed by atoms with Crippen LogP contribution in [-0.4, -0.2) is 46.3 Å². The van der Waals surface area contributed by atoms with Crippen molar-refractivity contribution in [1.82, 2.24) is 0 Å². The molecular formula is C28H48O5. The van der Waals surface area contributed by atoms with Crippen LogP contribution in [0.1, 0.15) is 85.0 Å². The highest BCUT2D eigenvalue weighted by atomic mass is 16.7. The van der Waals surface area contributed by atoms with E-state index in [0.29, 0.717) is 42.7 Å². The second-order valence-corrected chi connectivity index (χ2v) is 12.3. The Hall–Kier alpha value is -0.490. The van der Waals surface area contributed by atoms with Crippen LogP contribution in [0.25, 0.3) is 0 Å². The summed E-state index contributed by atoms with van der Waals surface area (Å²) in [5.41, 5.74) is 0.730. The van der Waals surface area contributed by atoms with Gasteiger partial charge in [-0.15, -0.1) is 0 Å². The lowest BCUT2D eigenvalue weighted by Gasteiger charge is -2.63. The highest BCUT2D eigenvalue weighted by Crippen LogP contribution is 2.68. The number of hydrogen-bond donors (Lipinski definition) is 0. The number of fused-ring (bicyclic) bond motifs is 5. The Kier molecular flexibility index (Phi) is 8.25. The Morgan fingerprint density at radius 2 is 1.58 bits per heavy atom. The van der Waals surface area contributed by atoms with Crippen molar-refractivity contribution in [2.24, 2.45) is 46.3 Å². The molecule has 4 rings (SSSR count). The zero-order valence-electron chi connectivity index (χ0n) is 21.7. The van der Waals surface area contributed by atoms with Gasteiger partial charge in [-0.1, -0.05) is 20.8 Å². The summed E-state index contributed by atoms with van der Waals surface area (Å²) in [7, 11) is 3.44. The van der Waals surface area contributed by atoms with Gasteiger partial charge in [0.1, 0.15) is 19.9 Å². The van der Waals surface area contributed by atoms with Crippen molar-refractivity contribution in [3.8, 4) is 0 Å². The number of carbonyl (C=O) groups is 1. The fourth-order valence-corrected chi connectivity index (χ4v) is 9.39. The van der Waals surface area contributed by atoms with E-state index in [9.17, 15) is 4.79 Å². The molecule has 5 heteroatoms. The van der Waals surface area contributed by atoms with Gasteiger partial charge >= 0.3 is 0 Å². The minimum atomic E-state index is 0.249. The molecule has 0 aromatic carbocycles. The molecule has 4 saturated carbocycles. The Bertz CT molecular complexity index is 654. The molecule has 0 spiro atoms. The van der Waals surface area contributed by atoms with Gasteiger partial charge in [-0.2, -0.15) is 0 Å². The first kappa shape index (κ1) is 25.6. The summed E-state index contributed by atoms with van der Waals surface area (Å²) in [4.78, 5) is 11.0.